The molecule has 7 nitrogen and oxygen atoms in total. The number of benzene rings is 2. The first-order valence-corrected chi connectivity index (χ1v) is 14.2. The smallest absolute Gasteiger partial charge is 0.336 e. The van der Waals surface area contributed by atoms with E-state index >= 15 is 0 Å². The van der Waals surface area contributed by atoms with Crippen LogP contribution in [0.1, 0.15) is 95.1 Å². The Morgan fingerprint density at radius 1 is 0.744 bits per heavy atom. The Bertz CT molecular complexity index is 1030. The molecular formula is C32H43N3O4. The van der Waals surface area contributed by atoms with Gasteiger partial charge in [-0.25, -0.2) is 10.2 Å². The van der Waals surface area contributed by atoms with E-state index in [1.54, 1.807) is 30.3 Å². The first-order chi connectivity index (χ1) is 19.1. The SMILES string of the molecule is CCCCCCCCCCCCCC(=O)NCC(=O)N/N=C/c1ccc(OC(=O)/C=C/c2ccccc2)cc1. The Balaban J connectivity index is 1.52. The Morgan fingerprint density at radius 2 is 1.36 bits per heavy atom. The van der Waals surface area contributed by atoms with Crippen LogP contribution >= 0.6 is 0 Å². The van der Waals surface area contributed by atoms with Crippen LogP contribution in [0.2, 0.25) is 0 Å². The van der Waals surface area contributed by atoms with E-state index in [2.05, 4.69) is 22.8 Å². The second-order valence-electron chi connectivity index (χ2n) is 9.59. The van der Waals surface area contributed by atoms with Crippen LogP contribution in [0, 0.1) is 0 Å². The van der Waals surface area contributed by atoms with Gasteiger partial charge in [0.15, 0.2) is 0 Å². The van der Waals surface area contributed by atoms with Crippen LogP contribution < -0.4 is 15.5 Å². The molecule has 0 atom stereocenters. The predicted octanol–water partition coefficient (Wildman–Crippen LogP) is 6.57. The molecule has 0 aliphatic heterocycles. The molecule has 0 aliphatic carbocycles. The molecule has 0 unspecified atom stereocenters. The maximum Gasteiger partial charge on any atom is 0.336 e. The number of nitrogens with one attached hydrogen (secondary N) is 2. The lowest BCUT2D eigenvalue weighted by Crippen LogP contribution is -2.34. The van der Waals surface area contributed by atoms with Crippen LogP contribution in [0.4, 0.5) is 0 Å². The van der Waals surface area contributed by atoms with Crippen LogP contribution in [0.3, 0.4) is 0 Å². The molecule has 7 heteroatoms. The van der Waals surface area contributed by atoms with Gasteiger partial charge in [-0.3, -0.25) is 9.59 Å². The number of hydrogen-bond acceptors (Lipinski definition) is 5. The van der Waals surface area contributed by atoms with Gasteiger partial charge < -0.3 is 10.1 Å². The molecule has 2 N–H and O–H groups in total. The molecule has 0 radical (unpaired) electrons. The van der Waals surface area contributed by atoms with E-state index in [0.717, 1.165) is 30.4 Å². The highest BCUT2D eigenvalue weighted by atomic mass is 16.5. The summed E-state index contributed by atoms with van der Waals surface area (Å²) in [5.41, 5.74) is 4.03. The molecule has 0 aromatic heterocycles. The predicted molar refractivity (Wildman–Crippen MR) is 157 cm³/mol. The zero-order chi connectivity index (χ0) is 28.0. The van der Waals surface area contributed by atoms with Crippen LogP contribution in [0.5, 0.6) is 5.75 Å². The summed E-state index contributed by atoms with van der Waals surface area (Å²) in [4.78, 5) is 35.9. The van der Waals surface area contributed by atoms with Crippen molar-refractivity contribution >= 4 is 30.1 Å². The number of amides is 2. The lowest BCUT2D eigenvalue weighted by molar-refractivity contribution is -0.129. The Labute approximate surface area is 233 Å². The fraction of sp³-hybridized carbons (Fsp3) is 0.438. The van der Waals surface area contributed by atoms with E-state index < -0.39 is 11.9 Å². The summed E-state index contributed by atoms with van der Waals surface area (Å²) in [5.74, 6) is -0.583. The van der Waals surface area contributed by atoms with Crippen molar-refractivity contribution in [2.45, 2.75) is 84.0 Å². The second-order valence-corrected chi connectivity index (χ2v) is 9.59. The van der Waals surface area contributed by atoms with Gasteiger partial charge in [-0.2, -0.15) is 5.10 Å². The van der Waals surface area contributed by atoms with Crippen LogP contribution in [0.25, 0.3) is 6.08 Å². The third kappa shape index (κ3) is 16.0. The van der Waals surface area contributed by atoms with Gasteiger partial charge in [-0.1, -0.05) is 101 Å². The van der Waals surface area contributed by atoms with E-state index in [0.29, 0.717) is 12.2 Å². The molecule has 0 saturated heterocycles. The minimum atomic E-state index is -0.474. The highest BCUT2D eigenvalue weighted by Crippen LogP contribution is 2.13. The number of carbonyl (C=O) groups is 3. The van der Waals surface area contributed by atoms with Crippen molar-refractivity contribution in [2.24, 2.45) is 5.10 Å². The van der Waals surface area contributed by atoms with Gasteiger partial charge in [-0.15, -0.1) is 0 Å². The van der Waals surface area contributed by atoms with Gasteiger partial charge in [0, 0.05) is 12.5 Å². The number of nitrogens with zero attached hydrogens (tertiary/aromatic N) is 1. The van der Waals surface area contributed by atoms with Crippen molar-refractivity contribution < 1.29 is 19.1 Å². The lowest BCUT2D eigenvalue weighted by atomic mass is 10.1. The summed E-state index contributed by atoms with van der Waals surface area (Å²) in [6, 6.07) is 16.2. The molecule has 2 rings (SSSR count). The number of hydrazone groups is 1. The van der Waals surface area contributed by atoms with E-state index in [1.807, 2.05) is 30.3 Å². The first-order valence-electron chi connectivity index (χ1n) is 14.2. The Morgan fingerprint density at radius 3 is 2.00 bits per heavy atom. The quantitative estimate of drug-likeness (QED) is 0.0533. The van der Waals surface area contributed by atoms with Crippen molar-refractivity contribution in [3.8, 4) is 5.75 Å². The summed E-state index contributed by atoms with van der Waals surface area (Å²) in [5, 5.41) is 6.54. The maximum absolute atomic E-state index is 12.0. The molecule has 2 aromatic rings. The molecular weight excluding hydrogens is 490 g/mol. The van der Waals surface area contributed by atoms with Crippen molar-refractivity contribution in [3.63, 3.8) is 0 Å². The van der Waals surface area contributed by atoms with Crippen LogP contribution in [-0.2, 0) is 14.4 Å². The van der Waals surface area contributed by atoms with Gasteiger partial charge in [0.05, 0.1) is 12.8 Å². The molecule has 210 valence electrons. The molecule has 39 heavy (non-hydrogen) atoms. The zero-order valence-electron chi connectivity index (χ0n) is 23.2. The molecule has 0 heterocycles. The number of rotatable bonds is 19. The van der Waals surface area contributed by atoms with Gasteiger partial charge in [0.25, 0.3) is 5.91 Å². The summed E-state index contributed by atoms with van der Waals surface area (Å²) in [6.45, 7) is 2.13. The fourth-order valence-electron chi connectivity index (χ4n) is 3.94. The van der Waals surface area contributed by atoms with Crippen molar-refractivity contribution in [1.29, 1.82) is 0 Å². The Kier molecular flexibility index (Phi) is 16.3. The zero-order valence-corrected chi connectivity index (χ0v) is 23.2. The molecule has 2 amide bonds. The molecule has 0 spiro atoms. The van der Waals surface area contributed by atoms with E-state index in [9.17, 15) is 14.4 Å². The monoisotopic (exact) mass is 533 g/mol. The molecule has 0 bridgehead atoms. The summed E-state index contributed by atoms with van der Waals surface area (Å²) < 4.78 is 5.28. The number of hydrogen-bond donors (Lipinski definition) is 2. The van der Waals surface area contributed by atoms with Gasteiger partial charge in [0.1, 0.15) is 5.75 Å². The average Bonchev–Trinajstić information content (AvgIpc) is 2.95. The molecule has 2 aromatic carbocycles. The largest absolute Gasteiger partial charge is 0.423 e. The van der Waals surface area contributed by atoms with Crippen molar-refractivity contribution in [1.82, 2.24) is 10.7 Å². The third-order valence-corrected chi connectivity index (χ3v) is 6.17. The molecule has 0 fully saturated rings. The van der Waals surface area contributed by atoms with E-state index in [1.165, 1.54) is 63.7 Å². The molecule has 0 aliphatic rings. The van der Waals surface area contributed by atoms with Crippen molar-refractivity contribution in [2.75, 3.05) is 6.54 Å². The highest BCUT2D eigenvalue weighted by Gasteiger charge is 2.05. The first kappa shape index (κ1) is 31.5. The third-order valence-electron chi connectivity index (χ3n) is 6.17. The maximum atomic E-state index is 12.0. The average molecular weight is 534 g/mol. The van der Waals surface area contributed by atoms with Crippen LogP contribution in [-0.4, -0.2) is 30.5 Å². The lowest BCUT2D eigenvalue weighted by Gasteiger charge is -2.05. The minimum absolute atomic E-state index is 0.112. The van der Waals surface area contributed by atoms with Crippen molar-refractivity contribution in [3.05, 3.63) is 71.8 Å². The number of unbranched alkanes of at least 4 members (excludes halogenated alkanes) is 10. The second kappa shape index (κ2) is 20.3. The minimum Gasteiger partial charge on any atom is -0.423 e. The van der Waals surface area contributed by atoms with Gasteiger partial charge in [0.2, 0.25) is 5.91 Å². The number of esters is 1. The fourth-order valence-corrected chi connectivity index (χ4v) is 3.94. The van der Waals surface area contributed by atoms with E-state index in [-0.39, 0.29) is 12.5 Å². The highest BCUT2D eigenvalue weighted by molar-refractivity contribution is 5.89. The number of ether oxygens (including phenoxy) is 1. The normalized spacial score (nSPS) is 11.1. The summed E-state index contributed by atoms with van der Waals surface area (Å²) in [6.07, 6.45) is 18.5. The van der Waals surface area contributed by atoms with E-state index in [4.69, 9.17) is 4.74 Å². The summed E-state index contributed by atoms with van der Waals surface area (Å²) in [7, 11) is 0. The standard InChI is InChI=1S/C32H43N3O4/c1-2-3-4-5-6-7-8-9-10-11-15-18-30(36)33-26-31(37)35-34-25-28-19-22-29(23-20-28)39-32(38)24-21-27-16-13-12-14-17-27/h12-14,16-17,19-25H,2-11,15,18,26H2,1H3,(H,33,36)(H,35,37)/b24-21+,34-25+. The Hall–Kier alpha value is -3.74. The molecule has 0 saturated carbocycles. The van der Waals surface area contributed by atoms with Gasteiger partial charge >= 0.3 is 5.97 Å². The summed E-state index contributed by atoms with van der Waals surface area (Å²) >= 11 is 0. The van der Waals surface area contributed by atoms with Crippen LogP contribution in [0.15, 0.2) is 65.8 Å². The topological polar surface area (TPSA) is 96.9 Å². The van der Waals surface area contributed by atoms with Gasteiger partial charge in [-0.05, 0) is 47.9 Å². The number of carbonyl (C=O) groups excluding carboxylic acids is 3.